The minimum Gasteiger partial charge on any atom is -0.495 e. The topological polar surface area (TPSA) is 30.5 Å². The molecule has 0 radical (unpaired) electrons. The number of halogens is 1. The van der Waals surface area contributed by atoms with E-state index < -0.39 is 0 Å². The van der Waals surface area contributed by atoms with Gasteiger partial charge in [-0.2, -0.15) is 0 Å². The molecule has 3 nitrogen and oxygen atoms in total. The lowest BCUT2D eigenvalue weighted by molar-refractivity contribution is -0.0709. The Morgan fingerprint density at radius 2 is 2.25 bits per heavy atom. The largest absolute Gasteiger partial charge is 0.495 e. The number of methoxy groups -OCH3 is 1. The molecule has 1 heterocycles. The van der Waals surface area contributed by atoms with E-state index in [-0.39, 0.29) is 5.60 Å². The molecular formula is C16H24ClNO2. The minimum absolute atomic E-state index is 0.0232. The Hall–Kier alpha value is -0.930. The second-order valence-corrected chi connectivity index (χ2v) is 6.19. The van der Waals surface area contributed by atoms with Crippen molar-refractivity contribution in [2.24, 2.45) is 0 Å². The molecule has 20 heavy (non-hydrogen) atoms. The van der Waals surface area contributed by atoms with E-state index in [1.54, 1.807) is 7.11 Å². The van der Waals surface area contributed by atoms with Crippen molar-refractivity contribution in [3.8, 4) is 5.75 Å². The predicted octanol–water partition coefficient (Wildman–Crippen LogP) is 4.42. The van der Waals surface area contributed by atoms with Gasteiger partial charge in [-0.1, -0.05) is 18.5 Å². The zero-order valence-electron chi connectivity index (χ0n) is 12.8. The standard InChI is InChI=1S/C16H24ClNO2/c1-5-16(3)10-12(6-7-20-16)18-14-8-11(2)13(17)9-15(14)19-4/h8-9,12,18H,5-7,10H2,1-4H3. The van der Waals surface area contributed by atoms with Gasteiger partial charge in [0, 0.05) is 23.7 Å². The average Bonchev–Trinajstić information content (AvgIpc) is 2.43. The van der Waals surface area contributed by atoms with Gasteiger partial charge in [-0.05, 0) is 44.7 Å². The number of benzene rings is 1. The van der Waals surface area contributed by atoms with Crippen LogP contribution in [0.4, 0.5) is 5.69 Å². The fourth-order valence-corrected chi connectivity index (χ4v) is 2.82. The number of ether oxygens (including phenoxy) is 2. The summed E-state index contributed by atoms with van der Waals surface area (Å²) in [7, 11) is 1.67. The summed E-state index contributed by atoms with van der Waals surface area (Å²) < 4.78 is 11.3. The van der Waals surface area contributed by atoms with Crippen molar-refractivity contribution in [3.63, 3.8) is 0 Å². The van der Waals surface area contributed by atoms with Gasteiger partial charge in [0.2, 0.25) is 0 Å². The van der Waals surface area contributed by atoms with Crippen molar-refractivity contribution in [2.75, 3.05) is 19.0 Å². The Balaban J connectivity index is 2.15. The molecule has 1 aliphatic rings. The van der Waals surface area contributed by atoms with E-state index in [2.05, 4.69) is 25.2 Å². The van der Waals surface area contributed by atoms with Crippen molar-refractivity contribution < 1.29 is 9.47 Å². The number of anilines is 1. The van der Waals surface area contributed by atoms with Crippen molar-refractivity contribution in [1.29, 1.82) is 0 Å². The van der Waals surface area contributed by atoms with E-state index in [4.69, 9.17) is 21.1 Å². The maximum Gasteiger partial charge on any atom is 0.143 e. The first-order valence-electron chi connectivity index (χ1n) is 7.22. The molecule has 0 aromatic heterocycles. The highest BCUT2D eigenvalue weighted by Gasteiger charge is 2.31. The first kappa shape index (κ1) is 15.5. The van der Waals surface area contributed by atoms with E-state index in [9.17, 15) is 0 Å². The second-order valence-electron chi connectivity index (χ2n) is 5.79. The maximum atomic E-state index is 6.15. The Morgan fingerprint density at radius 3 is 2.90 bits per heavy atom. The van der Waals surface area contributed by atoms with Gasteiger partial charge in [0.15, 0.2) is 0 Å². The fraction of sp³-hybridized carbons (Fsp3) is 0.625. The molecule has 2 atom stereocenters. The molecule has 112 valence electrons. The predicted molar refractivity (Wildman–Crippen MR) is 84.0 cm³/mol. The number of nitrogens with one attached hydrogen (secondary N) is 1. The Labute approximate surface area is 126 Å². The summed E-state index contributed by atoms with van der Waals surface area (Å²) in [6.45, 7) is 7.17. The van der Waals surface area contributed by atoms with Crippen molar-refractivity contribution in [2.45, 2.75) is 51.7 Å². The molecule has 2 rings (SSSR count). The Kier molecular flexibility index (Phi) is 4.82. The molecule has 1 N–H and O–H groups in total. The zero-order chi connectivity index (χ0) is 14.8. The van der Waals surface area contributed by atoms with Crippen LogP contribution in [0.5, 0.6) is 5.75 Å². The highest BCUT2D eigenvalue weighted by Crippen LogP contribution is 2.34. The van der Waals surface area contributed by atoms with E-state index in [1.165, 1.54) is 0 Å². The van der Waals surface area contributed by atoms with Crippen LogP contribution < -0.4 is 10.1 Å². The molecular weight excluding hydrogens is 274 g/mol. The number of hydrogen-bond donors (Lipinski definition) is 1. The summed E-state index contributed by atoms with van der Waals surface area (Å²) in [5.74, 6) is 0.797. The first-order chi connectivity index (χ1) is 9.47. The van der Waals surface area contributed by atoms with Gasteiger partial charge in [0.05, 0.1) is 18.4 Å². The Bertz CT molecular complexity index is 478. The van der Waals surface area contributed by atoms with Gasteiger partial charge < -0.3 is 14.8 Å². The minimum atomic E-state index is -0.0232. The molecule has 1 fully saturated rings. The highest BCUT2D eigenvalue weighted by atomic mass is 35.5. The third kappa shape index (κ3) is 3.39. The average molecular weight is 298 g/mol. The van der Waals surface area contributed by atoms with Gasteiger partial charge in [-0.3, -0.25) is 0 Å². The third-order valence-corrected chi connectivity index (χ3v) is 4.59. The van der Waals surface area contributed by atoms with Crippen LogP contribution >= 0.6 is 11.6 Å². The molecule has 4 heteroatoms. The summed E-state index contributed by atoms with van der Waals surface area (Å²) in [6, 6.07) is 4.33. The summed E-state index contributed by atoms with van der Waals surface area (Å²) in [5.41, 5.74) is 2.05. The summed E-state index contributed by atoms with van der Waals surface area (Å²) in [5, 5.41) is 4.33. The van der Waals surface area contributed by atoms with E-state index >= 15 is 0 Å². The van der Waals surface area contributed by atoms with Gasteiger partial charge in [-0.25, -0.2) is 0 Å². The van der Waals surface area contributed by atoms with Crippen LogP contribution in [0.1, 0.15) is 38.7 Å². The molecule has 1 saturated heterocycles. The van der Waals surface area contributed by atoms with Gasteiger partial charge in [0.1, 0.15) is 5.75 Å². The molecule has 2 unspecified atom stereocenters. The van der Waals surface area contributed by atoms with Crippen LogP contribution in [0.15, 0.2) is 12.1 Å². The summed E-state index contributed by atoms with van der Waals surface area (Å²) in [4.78, 5) is 0. The van der Waals surface area contributed by atoms with E-state index in [0.717, 1.165) is 47.9 Å². The van der Waals surface area contributed by atoms with Crippen LogP contribution in [0.2, 0.25) is 5.02 Å². The first-order valence-corrected chi connectivity index (χ1v) is 7.60. The third-order valence-electron chi connectivity index (χ3n) is 4.18. The second kappa shape index (κ2) is 6.23. The van der Waals surface area contributed by atoms with Crippen LogP contribution in [-0.2, 0) is 4.74 Å². The molecule has 0 saturated carbocycles. The molecule has 1 aromatic carbocycles. The number of rotatable bonds is 4. The maximum absolute atomic E-state index is 6.15. The number of hydrogen-bond acceptors (Lipinski definition) is 3. The molecule has 0 amide bonds. The van der Waals surface area contributed by atoms with Crippen LogP contribution in [0, 0.1) is 6.92 Å². The van der Waals surface area contributed by atoms with Crippen molar-refractivity contribution >= 4 is 17.3 Å². The molecule has 1 aromatic rings. The smallest absolute Gasteiger partial charge is 0.143 e. The molecule has 0 bridgehead atoms. The highest BCUT2D eigenvalue weighted by molar-refractivity contribution is 6.31. The van der Waals surface area contributed by atoms with Crippen LogP contribution in [0.3, 0.4) is 0 Å². The van der Waals surface area contributed by atoms with Gasteiger partial charge >= 0.3 is 0 Å². The lowest BCUT2D eigenvalue weighted by atomic mass is 9.89. The van der Waals surface area contributed by atoms with Gasteiger partial charge in [0.25, 0.3) is 0 Å². The normalized spacial score (nSPS) is 26.4. The molecule has 0 aliphatic carbocycles. The van der Waals surface area contributed by atoms with Crippen molar-refractivity contribution in [3.05, 3.63) is 22.7 Å². The lowest BCUT2D eigenvalue weighted by Crippen LogP contribution is -2.41. The lowest BCUT2D eigenvalue weighted by Gasteiger charge is -2.38. The van der Waals surface area contributed by atoms with Crippen molar-refractivity contribution in [1.82, 2.24) is 0 Å². The summed E-state index contributed by atoms with van der Waals surface area (Å²) in [6.07, 6.45) is 3.05. The fourth-order valence-electron chi connectivity index (χ4n) is 2.66. The Morgan fingerprint density at radius 1 is 1.50 bits per heavy atom. The molecule has 0 spiro atoms. The summed E-state index contributed by atoms with van der Waals surface area (Å²) >= 11 is 6.15. The monoisotopic (exact) mass is 297 g/mol. The van der Waals surface area contributed by atoms with Gasteiger partial charge in [-0.15, -0.1) is 0 Å². The van der Waals surface area contributed by atoms with Crippen LogP contribution in [0.25, 0.3) is 0 Å². The van der Waals surface area contributed by atoms with Crippen LogP contribution in [-0.4, -0.2) is 25.4 Å². The van der Waals surface area contributed by atoms with E-state index in [1.807, 2.05) is 13.0 Å². The zero-order valence-corrected chi connectivity index (χ0v) is 13.5. The SMILES string of the molecule is CCC1(C)CC(Nc2cc(C)c(Cl)cc2OC)CCO1. The molecule has 1 aliphatic heterocycles. The quantitative estimate of drug-likeness (QED) is 0.892. The van der Waals surface area contributed by atoms with E-state index in [0.29, 0.717) is 6.04 Å². The number of aryl methyl sites for hydroxylation is 1.